The molecule has 0 radical (unpaired) electrons. The highest BCUT2D eigenvalue weighted by Gasteiger charge is 2.18. The van der Waals surface area contributed by atoms with E-state index in [9.17, 15) is 0 Å². The van der Waals surface area contributed by atoms with Crippen LogP contribution in [0.15, 0.2) is 150 Å². The third-order valence-electron chi connectivity index (χ3n) is 8.64. The SMILES string of the molecule is c1ccc(-c2ccc3oc4cccc(-c5ccc6ccc7c(-c8ccccc8)ccc8ccc5c6c87)c4c3c2)cc1. The van der Waals surface area contributed by atoms with Crippen molar-refractivity contribution >= 4 is 54.3 Å². The van der Waals surface area contributed by atoms with Gasteiger partial charge in [0.05, 0.1) is 0 Å². The molecular formula is C40H24O. The Balaban J connectivity index is 1.35. The lowest BCUT2D eigenvalue weighted by Crippen LogP contribution is -1.89. The number of hydrogen-bond donors (Lipinski definition) is 0. The average molecular weight is 521 g/mol. The van der Waals surface area contributed by atoms with Gasteiger partial charge in [0.1, 0.15) is 11.2 Å². The van der Waals surface area contributed by atoms with Gasteiger partial charge in [-0.25, -0.2) is 0 Å². The summed E-state index contributed by atoms with van der Waals surface area (Å²) in [4.78, 5) is 0. The molecule has 1 heterocycles. The van der Waals surface area contributed by atoms with Gasteiger partial charge in [0.15, 0.2) is 0 Å². The van der Waals surface area contributed by atoms with Crippen molar-refractivity contribution in [2.24, 2.45) is 0 Å². The average Bonchev–Trinajstić information content (AvgIpc) is 3.42. The maximum absolute atomic E-state index is 6.40. The molecule has 0 aliphatic carbocycles. The highest BCUT2D eigenvalue weighted by atomic mass is 16.3. The van der Waals surface area contributed by atoms with Crippen molar-refractivity contribution in [1.29, 1.82) is 0 Å². The molecular weight excluding hydrogens is 496 g/mol. The van der Waals surface area contributed by atoms with Crippen molar-refractivity contribution in [3.8, 4) is 33.4 Å². The van der Waals surface area contributed by atoms with E-state index >= 15 is 0 Å². The molecule has 8 aromatic carbocycles. The topological polar surface area (TPSA) is 13.1 Å². The number of rotatable bonds is 3. The van der Waals surface area contributed by atoms with Crippen LogP contribution in [0.25, 0.3) is 87.6 Å². The molecule has 190 valence electrons. The van der Waals surface area contributed by atoms with E-state index in [1.807, 2.05) is 0 Å². The third-order valence-corrected chi connectivity index (χ3v) is 8.64. The predicted octanol–water partition coefficient (Wildman–Crippen LogP) is 11.5. The van der Waals surface area contributed by atoms with Crippen LogP contribution >= 0.6 is 0 Å². The second kappa shape index (κ2) is 8.55. The minimum atomic E-state index is 0.914. The smallest absolute Gasteiger partial charge is 0.136 e. The van der Waals surface area contributed by atoms with Crippen LogP contribution in [0, 0.1) is 0 Å². The van der Waals surface area contributed by atoms with Gasteiger partial charge >= 0.3 is 0 Å². The van der Waals surface area contributed by atoms with Gasteiger partial charge in [-0.05, 0) is 83.9 Å². The minimum absolute atomic E-state index is 0.914. The predicted molar refractivity (Wildman–Crippen MR) is 174 cm³/mol. The Morgan fingerprint density at radius 2 is 0.951 bits per heavy atom. The molecule has 0 atom stereocenters. The van der Waals surface area contributed by atoms with Crippen molar-refractivity contribution in [2.75, 3.05) is 0 Å². The second-order valence-electron chi connectivity index (χ2n) is 10.9. The molecule has 0 spiro atoms. The summed E-state index contributed by atoms with van der Waals surface area (Å²) in [7, 11) is 0. The summed E-state index contributed by atoms with van der Waals surface area (Å²) in [5, 5.41) is 10.1. The van der Waals surface area contributed by atoms with Crippen LogP contribution in [-0.2, 0) is 0 Å². The van der Waals surface area contributed by atoms with Crippen LogP contribution in [0.5, 0.6) is 0 Å². The molecule has 0 saturated heterocycles. The molecule has 0 fully saturated rings. The van der Waals surface area contributed by atoms with Crippen molar-refractivity contribution in [3.05, 3.63) is 146 Å². The molecule has 1 nitrogen and oxygen atoms in total. The zero-order chi connectivity index (χ0) is 26.9. The van der Waals surface area contributed by atoms with Gasteiger partial charge < -0.3 is 4.42 Å². The van der Waals surface area contributed by atoms with Gasteiger partial charge in [-0.15, -0.1) is 0 Å². The first kappa shape index (κ1) is 22.4. The molecule has 41 heavy (non-hydrogen) atoms. The zero-order valence-corrected chi connectivity index (χ0v) is 22.3. The van der Waals surface area contributed by atoms with Crippen molar-refractivity contribution in [3.63, 3.8) is 0 Å². The Kier molecular flexibility index (Phi) is 4.67. The number of benzene rings is 8. The van der Waals surface area contributed by atoms with Gasteiger partial charge in [-0.3, -0.25) is 0 Å². The second-order valence-corrected chi connectivity index (χ2v) is 10.9. The molecule has 0 amide bonds. The van der Waals surface area contributed by atoms with E-state index < -0.39 is 0 Å². The van der Waals surface area contributed by atoms with Crippen molar-refractivity contribution in [2.45, 2.75) is 0 Å². The van der Waals surface area contributed by atoms with E-state index in [-0.39, 0.29) is 0 Å². The highest BCUT2D eigenvalue weighted by Crippen LogP contribution is 2.45. The maximum atomic E-state index is 6.40. The van der Waals surface area contributed by atoms with Gasteiger partial charge in [-0.1, -0.05) is 127 Å². The summed E-state index contributed by atoms with van der Waals surface area (Å²) in [5.41, 5.74) is 9.18. The molecule has 0 unspecified atom stereocenters. The molecule has 0 saturated carbocycles. The molecule has 0 N–H and O–H groups in total. The zero-order valence-electron chi connectivity index (χ0n) is 22.3. The monoisotopic (exact) mass is 520 g/mol. The summed E-state index contributed by atoms with van der Waals surface area (Å²) >= 11 is 0. The Labute approximate surface area is 237 Å². The fourth-order valence-corrected chi connectivity index (χ4v) is 6.77. The summed E-state index contributed by atoms with van der Waals surface area (Å²) in [6.45, 7) is 0. The van der Waals surface area contributed by atoms with Gasteiger partial charge in [0, 0.05) is 10.8 Å². The normalized spacial score (nSPS) is 11.9. The summed E-state index contributed by atoms with van der Waals surface area (Å²) in [6, 6.07) is 52.5. The first-order chi connectivity index (χ1) is 20.3. The Morgan fingerprint density at radius 3 is 1.68 bits per heavy atom. The molecule has 1 heteroatoms. The van der Waals surface area contributed by atoms with Crippen LogP contribution in [0.4, 0.5) is 0 Å². The van der Waals surface area contributed by atoms with Gasteiger partial charge in [0.2, 0.25) is 0 Å². The first-order valence-corrected chi connectivity index (χ1v) is 14.1. The van der Waals surface area contributed by atoms with E-state index in [0.717, 1.165) is 16.6 Å². The van der Waals surface area contributed by atoms with Crippen LogP contribution in [0.1, 0.15) is 0 Å². The van der Waals surface area contributed by atoms with Gasteiger partial charge in [0.25, 0.3) is 0 Å². The Bertz CT molecular complexity index is 2400. The number of furan rings is 1. The Hall–Kier alpha value is -5.40. The van der Waals surface area contributed by atoms with Crippen LogP contribution in [-0.4, -0.2) is 0 Å². The van der Waals surface area contributed by atoms with Crippen LogP contribution < -0.4 is 0 Å². The fourth-order valence-electron chi connectivity index (χ4n) is 6.77. The summed E-state index contributed by atoms with van der Waals surface area (Å²) in [6.07, 6.45) is 0. The fraction of sp³-hybridized carbons (Fsp3) is 0. The largest absolute Gasteiger partial charge is 0.456 e. The van der Waals surface area contributed by atoms with Gasteiger partial charge in [-0.2, -0.15) is 0 Å². The molecule has 0 bridgehead atoms. The van der Waals surface area contributed by atoms with E-state index in [1.54, 1.807) is 0 Å². The van der Waals surface area contributed by atoms with Crippen LogP contribution in [0.2, 0.25) is 0 Å². The van der Waals surface area contributed by atoms with Crippen molar-refractivity contribution < 1.29 is 4.42 Å². The molecule has 9 rings (SSSR count). The molecule has 1 aromatic heterocycles. The molecule has 9 aromatic rings. The summed E-state index contributed by atoms with van der Waals surface area (Å²) < 4.78 is 6.40. The first-order valence-electron chi connectivity index (χ1n) is 14.1. The van der Waals surface area contributed by atoms with E-state index in [1.165, 1.54) is 71.1 Å². The molecule has 0 aliphatic rings. The number of fused-ring (bicyclic) bond motifs is 3. The van der Waals surface area contributed by atoms with E-state index in [2.05, 4.69) is 146 Å². The highest BCUT2D eigenvalue weighted by molar-refractivity contribution is 6.28. The standard InChI is InChI=1S/C40H24O/c1-3-8-25(9-4-1)29-18-23-36-35(24-29)40-32(12-7-13-37(40)41-36)31-20-15-28-16-21-33-30(26-10-5-2-6-11-26)19-14-27-17-22-34(31)39(28)38(27)33/h1-24H. The lowest BCUT2D eigenvalue weighted by atomic mass is 9.86. The molecule has 0 aliphatic heterocycles. The Morgan fingerprint density at radius 1 is 0.317 bits per heavy atom. The maximum Gasteiger partial charge on any atom is 0.136 e. The quantitative estimate of drug-likeness (QED) is 0.211. The van der Waals surface area contributed by atoms with E-state index in [4.69, 9.17) is 4.42 Å². The minimum Gasteiger partial charge on any atom is -0.456 e. The lowest BCUT2D eigenvalue weighted by molar-refractivity contribution is 0.669. The van der Waals surface area contributed by atoms with Crippen molar-refractivity contribution in [1.82, 2.24) is 0 Å². The van der Waals surface area contributed by atoms with E-state index in [0.29, 0.717) is 0 Å². The summed E-state index contributed by atoms with van der Waals surface area (Å²) in [5.74, 6) is 0. The number of hydrogen-bond acceptors (Lipinski definition) is 1. The lowest BCUT2D eigenvalue weighted by Gasteiger charge is -2.17. The van der Waals surface area contributed by atoms with Crippen LogP contribution in [0.3, 0.4) is 0 Å². The third kappa shape index (κ3) is 3.30.